The number of fused-ring (bicyclic) bond motifs is 1. The van der Waals surface area contributed by atoms with Crippen LogP contribution in [0.1, 0.15) is 27.6 Å². The molecular weight excluding hydrogens is 484 g/mol. The minimum atomic E-state index is -0.265. The molecule has 5 rings (SSSR count). The number of benzene rings is 3. The van der Waals surface area contributed by atoms with E-state index < -0.39 is 0 Å². The van der Waals surface area contributed by atoms with Gasteiger partial charge in [-0.1, -0.05) is 47.6 Å². The van der Waals surface area contributed by atoms with E-state index in [-0.39, 0.29) is 18.4 Å². The van der Waals surface area contributed by atoms with Gasteiger partial charge in [-0.3, -0.25) is 19.1 Å². The van der Waals surface area contributed by atoms with Gasteiger partial charge in [0, 0.05) is 28.6 Å². The second-order valence-electron chi connectivity index (χ2n) is 7.73. The van der Waals surface area contributed by atoms with Gasteiger partial charge in [0.05, 0.1) is 17.7 Å². The van der Waals surface area contributed by atoms with Crippen molar-refractivity contribution in [3.63, 3.8) is 0 Å². The van der Waals surface area contributed by atoms with Crippen molar-refractivity contribution in [3.8, 4) is 22.8 Å². The summed E-state index contributed by atoms with van der Waals surface area (Å²) in [5, 5.41) is 10.1. The van der Waals surface area contributed by atoms with Crippen LogP contribution in [0, 0.1) is 0 Å². The molecule has 2 heterocycles. The Balaban J connectivity index is 1.41. The average Bonchev–Trinajstić information content (AvgIpc) is 3.40. The summed E-state index contributed by atoms with van der Waals surface area (Å²) < 4.78 is 7.51. The van der Waals surface area contributed by atoms with E-state index in [1.807, 2.05) is 54.0 Å². The SMILES string of the molecule is CCOc1ccc(-n2c(SCCN3C(=O)c4ccccc4C3=O)nnc2-c2cccc(Cl)c2)cc1. The lowest BCUT2D eigenvalue weighted by molar-refractivity contribution is 0.0664. The molecule has 3 aromatic carbocycles. The largest absolute Gasteiger partial charge is 0.494 e. The lowest BCUT2D eigenvalue weighted by atomic mass is 10.1. The number of amides is 2. The fourth-order valence-electron chi connectivity index (χ4n) is 3.94. The minimum Gasteiger partial charge on any atom is -0.494 e. The van der Waals surface area contributed by atoms with Gasteiger partial charge in [0.25, 0.3) is 11.8 Å². The van der Waals surface area contributed by atoms with Crippen LogP contribution in [0.2, 0.25) is 5.02 Å². The van der Waals surface area contributed by atoms with E-state index in [1.165, 1.54) is 16.7 Å². The van der Waals surface area contributed by atoms with Crippen LogP contribution in [0.5, 0.6) is 5.75 Å². The third kappa shape index (κ3) is 4.54. The molecule has 2 amide bonds. The standard InChI is InChI=1S/C26H21ClN4O3S/c1-2-34-20-12-10-19(11-13-20)31-23(17-6-5-7-18(27)16-17)28-29-26(31)35-15-14-30-24(32)21-8-3-4-9-22(21)25(30)33/h3-13,16H,2,14-15H2,1H3. The van der Waals surface area contributed by atoms with Gasteiger partial charge in [-0.15, -0.1) is 10.2 Å². The predicted octanol–water partition coefficient (Wildman–Crippen LogP) is 5.37. The highest BCUT2D eigenvalue weighted by Crippen LogP contribution is 2.31. The summed E-state index contributed by atoms with van der Waals surface area (Å²) in [4.78, 5) is 26.6. The Bertz CT molecular complexity index is 1370. The molecule has 0 aliphatic carbocycles. The van der Waals surface area contributed by atoms with Gasteiger partial charge >= 0.3 is 0 Å². The van der Waals surface area contributed by atoms with Crippen molar-refractivity contribution in [2.75, 3.05) is 18.9 Å². The smallest absolute Gasteiger partial charge is 0.261 e. The number of rotatable bonds is 8. The molecule has 0 N–H and O–H groups in total. The highest BCUT2D eigenvalue weighted by Gasteiger charge is 2.34. The Kier molecular flexibility index (Phi) is 6.57. The van der Waals surface area contributed by atoms with Crippen molar-refractivity contribution in [2.24, 2.45) is 0 Å². The van der Waals surface area contributed by atoms with E-state index in [0.717, 1.165) is 17.0 Å². The third-order valence-corrected chi connectivity index (χ3v) is 6.69. The fraction of sp³-hybridized carbons (Fsp3) is 0.154. The van der Waals surface area contributed by atoms with Gasteiger partial charge in [0.1, 0.15) is 5.75 Å². The van der Waals surface area contributed by atoms with Crippen LogP contribution in [0.4, 0.5) is 0 Å². The van der Waals surface area contributed by atoms with Crippen LogP contribution >= 0.6 is 23.4 Å². The van der Waals surface area contributed by atoms with E-state index in [9.17, 15) is 9.59 Å². The minimum absolute atomic E-state index is 0.264. The first-order valence-corrected chi connectivity index (χ1v) is 12.5. The van der Waals surface area contributed by atoms with Crippen molar-refractivity contribution in [2.45, 2.75) is 12.1 Å². The summed E-state index contributed by atoms with van der Waals surface area (Å²) in [6.45, 7) is 2.78. The van der Waals surface area contributed by atoms with Crippen molar-refractivity contribution in [1.82, 2.24) is 19.7 Å². The lowest BCUT2D eigenvalue weighted by Gasteiger charge is -2.14. The number of carbonyl (C=O) groups excluding carboxylic acids is 2. The van der Waals surface area contributed by atoms with Gasteiger partial charge in [-0.05, 0) is 55.5 Å². The van der Waals surface area contributed by atoms with Crippen LogP contribution < -0.4 is 4.74 Å². The Morgan fingerprint density at radius 2 is 1.63 bits per heavy atom. The molecule has 35 heavy (non-hydrogen) atoms. The summed E-state index contributed by atoms with van der Waals surface area (Å²) in [6.07, 6.45) is 0. The molecule has 1 aromatic heterocycles. The number of hydrogen-bond acceptors (Lipinski definition) is 6. The highest BCUT2D eigenvalue weighted by atomic mass is 35.5. The number of aromatic nitrogens is 3. The second-order valence-corrected chi connectivity index (χ2v) is 9.23. The molecule has 176 valence electrons. The Morgan fingerprint density at radius 1 is 0.914 bits per heavy atom. The number of thioether (sulfide) groups is 1. The van der Waals surface area contributed by atoms with Crippen molar-refractivity contribution >= 4 is 35.2 Å². The molecule has 0 unspecified atom stereocenters. The average molecular weight is 505 g/mol. The maximum Gasteiger partial charge on any atom is 0.261 e. The molecule has 0 radical (unpaired) electrons. The molecule has 4 aromatic rings. The molecular formula is C26H21ClN4O3S. The van der Waals surface area contributed by atoms with Crippen molar-refractivity contribution in [3.05, 3.63) is 88.9 Å². The van der Waals surface area contributed by atoms with Gasteiger partial charge in [-0.2, -0.15) is 0 Å². The number of halogens is 1. The van der Waals surface area contributed by atoms with Crippen LogP contribution in [-0.2, 0) is 0 Å². The van der Waals surface area contributed by atoms with Gasteiger partial charge in [0.2, 0.25) is 0 Å². The molecule has 0 saturated heterocycles. The summed E-state index contributed by atoms with van der Waals surface area (Å²) in [5.41, 5.74) is 2.58. The summed E-state index contributed by atoms with van der Waals surface area (Å²) in [5.74, 6) is 1.35. The zero-order chi connectivity index (χ0) is 24.4. The van der Waals surface area contributed by atoms with Gasteiger partial charge in [0.15, 0.2) is 11.0 Å². The first-order chi connectivity index (χ1) is 17.1. The zero-order valence-corrected chi connectivity index (χ0v) is 20.4. The van der Waals surface area contributed by atoms with E-state index in [4.69, 9.17) is 16.3 Å². The summed E-state index contributed by atoms with van der Waals surface area (Å²) in [6, 6.07) is 22.0. The normalized spacial score (nSPS) is 12.8. The molecule has 0 spiro atoms. The molecule has 7 nitrogen and oxygen atoms in total. The Morgan fingerprint density at radius 3 is 2.29 bits per heavy atom. The highest BCUT2D eigenvalue weighted by molar-refractivity contribution is 7.99. The molecule has 0 bridgehead atoms. The maximum absolute atomic E-state index is 12.7. The van der Waals surface area contributed by atoms with Crippen LogP contribution in [-0.4, -0.2) is 50.4 Å². The summed E-state index contributed by atoms with van der Waals surface area (Å²) >= 11 is 7.65. The number of ether oxygens (including phenoxy) is 1. The molecule has 1 aliphatic rings. The molecule has 9 heteroatoms. The first-order valence-electron chi connectivity index (χ1n) is 11.1. The van der Waals surface area contributed by atoms with E-state index in [0.29, 0.717) is 39.5 Å². The number of hydrogen-bond donors (Lipinski definition) is 0. The predicted molar refractivity (Wildman–Crippen MR) is 136 cm³/mol. The number of carbonyl (C=O) groups is 2. The van der Waals surface area contributed by atoms with Crippen molar-refractivity contribution < 1.29 is 14.3 Å². The summed E-state index contributed by atoms with van der Waals surface area (Å²) in [7, 11) is 0. The quantitative estimate of drug-likeness (QED) is 0.237. The van der Waals surface area contributed by atoms with E-state index in [2.05, 4.69) is 10.2 Å². The Hall–Kier alpha value is -3.62. The molecule has 0 saturated carbocycles. The molecule has 1 aliphatic heterocycles. The van der Waals surface area contributed by atoms with E-state index in [1.54, 1.807) is 30.3 Å². The second kappa shape index (κ2) is 9.93. The fourth-order valence-corrected chi connectivity index (χ4v) is 5.01. The maximum atomic E-state index is 12.7. The Labute approximate surface area is 211 Å². The number of nitrogens with zero attached hydrogens (tertiary/aromatic N) is 4. The first kappa shape index (κ1) is 23.1. The third-order valence-electron chi connectivity index (χ3n) is 5.55. The van der Waals surface area contributed by atoms with Crippen LogP contribution in [0.25, 0.3) is 17.1 Å². The molecule has 0 atom stereocenters. The van der Waals surface area contributed by atoms with Crippen molar-refractivity contribution in [1.29, 1.82) is 0 Å². The lowest BCUT2D eigenvalue weighted by Crippen LogP contribution is -2.31. The zero-order valence-electron chi connectivity index (χ0n) is 18.8. The van der Waals surface area contributed by atoms with Crippen LogP contribution in [0.3, 0.4) is 0 Å². The van der Waals surface area contributed by atoms with Gasteiger partial charge < -0.3 is 4.74 Å². The topological polar surface area (TPSA) is 77.3 Å². The monoisotopic (exact) mass is 504 g/mol. The van der Waals surface area contributed by atoms with E-state index >= 15 is 0 Å². The number of imide groups is 1. The van der Waals surface area contributed by atoms with Crippen LogP contribution in [0.15, 0.2) is 78.0 Å². The molecule has 0 fully saturated rings. The van der Waals surface area contributed by atoms with Gasteiger partial charge in [-0.25, -0.2) is 0 Å².